The smallest absolute Gasteiger partial charge is 0.350 e. The number of carbonyl (C=O) groups is 2. The minimum atomic E-state index is -0.805. The number of amides is 1. The van der Waals surface area contributed by atoms with E-state index < -0.39 is 17.9 Å². The number of aromatic nitrogens is 1. The van der Waals surface area contributed by atoms with Crippen LogP contribution in [0.5, 0.6) is 0 Å². The number of esters is 1. The van der Waals surface area contributed by atoms with E-state index in [9.17, 15) is 14.4 Å². The Morgan fingerprint density at radius 2 is 1.94 bits per heavy atom. The number of rotatable bonds is 3. The third-order valence-corrected chi connectivity index (χ3v) is 7.26. The number of ether oxygens (including phenoxy) is 1. The summed E-state index contributed by atoms with van der Waals surface area (Å²) in [5, 5.41) is 1.12. The normalized spacial score (nSPS) is 15.2. The highest BCUT2D eigenvalue weighted by atomic mass is 79.9. The lowest BCUT2D eigenvalue weighted by atomic mass is 9.99. The average molecular weight is 546 g/mol. The summed E-state index contributed by atoms with van der Waals surface area (Å²) in [4.78, 5) is 45.4. The van der Waals surface area contributed by atoms with Crippen molar-refractivity contribution in [1.29, 1.82) is 0 Å². The van der Waals surface area contributed by atoms with Crippen LogP contribution >= 0.6 is 38.9 Å². The molecule has 0 saturated carbocycles. The molecule has 3 heterocycles. The third-order valence-electron chi connectivity index (χ3n) is 5.38. The first-order chi connectivity index (χ1) is 15.8. The van der Waals surface area contributed by atoms with E-state index in [1.54, 1.807) is 49.4 Å². The van der Waals surface area contributed by atoms with Gasteiger partial charge in [0.2, 0.25) is 5.76 Å². The van der Waals surface area contributed by atoms with Crippen LogP contribution in [-0.4, -0.2) is 24.0 Å². The van der Waals surface area contributed by atoms with E-state index in [4.69, 9.17) is 20.8 Å². The molecule has 7 nitrogen and oxygen atoms in total. The Morgan fingerprint density at radius 3 is 2.64 bits per heavy atom. The van der Waals surface area contributed by atoms with Gasteiger partial charge in [-0.05, 0) is 42.8 Å². The molecule has 1 atom stereocenters. The molecule has 10 heteroatoms. The largest absolute Gasteiger partial charge is 0.465 e. The van der Waals surface area contributed by atoms with Crippen molar-refractivity contribution in [2.45, 2.75) is 13.0 Å². The van der Waals surface area contributed by atoms with Gasteiger partial charge in [0.25, 0.3) is 5.91 Å². The Kier molecular flexibility index (Phi) is 5.35. The quantitative estimate of drug-likeness (QED) is 0.315. The Balaban J connectivity index is 1.78. The first kappa shape index (κ1) is 21.8. The van der Waals surface area contributed by atoms with E-state index in [0.29, 0.717) is 31.7 Å². The van der Waals surface area contributed by atoms with Crippen molar-refractivity contribution in [3.63, 3.8) is 0 Å². The Hall–Kier alpha value is -3.01. The van der Waals surface area contributed by atoms with Crippen LogP contribution in [-0.2, 0) is 4.74 Å². The second-order valence-electron chi connectivity index (χ2n) is 7.35. The predicted octanol–water partition coefficient (Wildman–Crippen LogP) is 5.51. The molecule has 1 amide bonds. The van der Waals surface area contributed by atoms with Crippen LogP contribution in [0.4, 0.5) is 5.13 Å². The molecule has 1 aliphatic rings. The van der Waals surface area contributed by atoms with E-state index in [2.05, 4.69) is 20.9 Å². The maximum Gasteiger partial charge on any atom is 0.350 e. The number of hydrogen-bond acceptors (Lipinski definition) is 7. The lowest BCUT2D eigenvalue weighted by Crippen LogP contribution is -2.29. The van der Waals surface area contributed by atoms with Gasteiger partial charge in [0.05, 0.1) is 29.8 Å². The summed E-state index contributed by atoms with van der Waals surface area (Å²) in [6, 6.07) is 11.1. The summed E-state index contributed by atoms with van der Waals surface area (Å²) >= 11 is 10.5. The molecular formula is C23H14BrClN2O5S. The van der Waals surface area contributed by atoms with Crippen LogP contribution in [0.1, 0.15) is 43.1 Å². The molecule has 166 valence electrons. The van der Waals surface area contributed by atoms with Gasteiger partial charge in [-0.15, -0.1) is 0 Å². The van der Waals surface area contributed by atoms with E-state index in [1.807, 2.05) is 0 Å². The molecule has 0 saturated heterocycles. The Labute approximate surface area is 204 Å². The maximum atomic E-state index is 13.6. The molecule has 0 fully saturated rings. The minimum Gasteiger partial charge on any atom is -0.465 e. The number of benzene rings is 2. The average Bonchev–Trinajstić information content (AvgIpc) is 3.32. The molecule has 4 aromatic rings. The van der Waals surface area contributed by atoms with Crippen LogP contribution in [0.2, 0.25) is 5.02 Å². The van der Waals surface area contributed by atoms with Gasteiger partial charge in [0.1, 0.15) is 10.5 Å². The summed E-state index contributed by atoms with van der Waals surface area (Å²) in [5.41, 5.74) is 1.28. The second kappa shape index (κ2) is 8.09. The van der Waals surface area contributed by atoms with Crippen molar-refractivity contribution in [2.75, 3.05) is 12.0 Å². The van der Waals surface area contributed by atoms with Gasteiger partial charge in [-0.1, -0.05) is 51.0 Å². The molecule has 2 aromatic carbocycles. The van der Waals surface area contributed by atoms with Gasteiger partial charge < -0.3 is 9.15 Å². The summed E-state index contributed by atoms with van der Waals surface area (Å²) < 4.78 is 11.5. The zero-order valence-electron chi connectivity index (χ0n) is 17.2. The van der Waals surface area contributed by atoms with Gasteiger partial charge in [0, 0.05) is 9.50 Å². The fourth-order valence-corrected chi connectivity index (χ4v) is 5.37. The van der Waals surface area contributed by atoms with E-state index in [1.165, 1.54) is 12.0 Å². The third kappa shape index (κ3) is 3.47. The van der Waals surface area contributed by atoms with Gasteiger partial charge in [-0.2, -0.15) is 0 Å². The minimum absolute atomic E-state index is 0.0535. The Bertz CT molecular complexity index is 1510. The lowest BCUT2D eigenvalue weighted by molar-refractivity contribution is 0.0605. The number of hydrogen-bond donors (Lipinski definition) is 0. The number of anilines is 1. The fraction of sp³-hybridized carbons (Fsp3) is 0.130. The standard InChI is InChI=1S/C23H14BrClN2O5S/c1-10-20(22(30)31-2)33-23(26-10)27-17(11-3-6-13(25)7-4-11)16-18(28)14-9-12(24)5-8-15(14)32-19(16)21(27)29/h3-9,17H,1-2H3. The number of carbonyl (C=O) groups excluding carboxylic acids is 2. The van der Waals surface area contributed by atoms with Crippen LogP contribution in [0, 0.1) is 6.92 Å². The van der Waals surface area contributed by atoms with Crippen molar-refractivity contribution in [3.8, 4) is 0 Å². The molecule has 33 heavy (non-hydrogen) atoms. The number of methoxy groups -OCH3 is 1. The molecule has 1 aliphatic heterocycles. The molecule has 0 N–H and O–H groups in total. The lowest BCUT2D eigenvalue weighted by Gasteiger charge is -2.22. The zero-order valence-corrected chi connectivity index (χ0v) is 20.4. The first-order valence-electron chi connectivity index (χ1n) is 9.71. The maximum absolute atomic E-state index is 13.6. The van der Waals surface area contributed by atoms with E-state index >= 15 is 0 Å². The number of fused-ring (bicyclic) bond motifs is 2. The topological polar surface area (TPSA) is 89.7 Å². The molecule has 1 unspecified atom stereocenters. The van der Waals surface area contributed by atoms with E-state index in [-0.39, 0.29) is 26.8 Å². The van der Waals surface area contributed by atoms with Crippen molar-refractivity contribution < 1.29 is 18.7 Å². The van der Waals surface area contributed by atoms with Gasteiger partial charge in [-0.25, -0.2) is 9.78 Å². The van der Waals surface area contributed by atoms with Crippen molar-refractivity contribution in [1.82, 2.24) is 4.98 Å². The highest BCUT2D eigenvalue weighted by molar-refractivity contribution is 9.10. The van der Waals surface area contributed by atoms with Gasteiger partial charge in [0.15, 0.2) is 10.6 Å². The summed E-state index contributed by atoms with van der Waals surface area (Å²) in [5.74, 6) is -1.12. The zero-order chi connectivity index (χ0) is 23.4. The molecule has 0 spiro atoms. The monoisotopic (exact) mass is 544 g/mol. The molecule has 0 bridgehead atoms. The summed E-state index contributed by atoms with van der Waals surface area (Å²) in [6.07, 6.45) is 0. The highest BCUT2D eigenvalue weighted by Crippen LogP contribution is 2.43. The van der Waals surface area contributed by atoms with Crippen LogP contribution < -0.4 is 10.3 Å². The van der Waals surface area contributed by atoms with Crippen LogP contribution in [0.25, 0.3) is 11.0 Å². The summed E-state index contributed by atoms with van der Waals surface area (Å²) in [6.45, 7) is 1.66. The predicted molar refractivity (Wildman–Crippen MR) is 128 cm³/mol. The molecule has 5 rings (SSSR count). The number of aryl methyl sites for hydroxylation is 1. The van der Waals surface area contributed by atoms with Gasteiger partial charge >= 0.3 is 5.97 Å². The second-order valence-corrected chi connectivity index (χ2v) is 9.68. The Morgan fingerprint density at radius 1 is 1.21 bits per heavy atom. The van der Waals surface area contributed by atoms with Crippen molar-refractivity contribution in [2.24, 2.45) is 0 Å². The molecular weight excluding hydrogens is 532 g/mol. The van der Waals surface area contributed by atoms with Crippen molar-refractivity contribution in [3.05, 3.63) is 89.6 Å². The molecule has 0 radical (unpaired) electrons. The fourth-order valence-electron chi connectivity index (χ4n) is 3.87. The highest BCUT2D eigenvalue weighted by Gasteiger charge is 2.45. The van der Waals surface area contributed by atoms with Crippen LogP contribution in [0.15, 0.2) is 56.1 Å². The van der Waals surface area contributed by atoms with Gasteiger partial charge in [-0.3, -0.25) is 14.5 Å². The SMILES string of the molecule is COC(=O)c1sc(N2C(=O)c3oc4ccc(Br)cc4c(=O)c3C2c2ccc(Cl)cc2)nc1C. The van der Waals surface area contributed by atoms with E-state index in [0.717, 1.165) is 11.3 Å². The number of thiazole rings is 1. The van der Waals surface area contributed by atoms with Crippen molar-refractivity contribution >= 4 is 66.8 Å². The number of halogens is 2. The molecule has 0 aliphatic carbocycles. The number of nitrogens with zero attached hydrogens (tertiary/aromatic N) is 2. The first-order valence-corrected chi connectivity index (χ1v) is 11.7. The van der Waals surface area contributed by atoms with Crippen LogP contribution in [0.3, 0.4) is 0 Å². The summed E-state index contributed by atoms with van der Waals surface area (Å²) in [7, 11) is 1.28. The molecule has 2 aromatic heterocycles.